The molecule has 0 bridgehead atoms. The Balaban J connectivity index is 2.07. The zero-order valence-electron chi connectivity index (χ0n) is 9.40. The van der Waals surface area contributed by atoms with Gasteiger partial charge in [-0.1, -0.05) is 12.5 Å². The first kappa shape index (κ1) is 10.9. The normalized spacial score (nSPS) is 15.6. The highest BCUT2D eigenvalue weighted by Gasteiger charge is 2.18. The summed E-state index contributed by atoms with van der Waals surface area (Å²) < 4.78 is 0. The molecule has 1 aromatic carbocycles. The van der Waals surface area contributed by atoms with Crippen molar-refractivity contribution in [2.24, 2.45) is 5.92 Å². The van der Waals surface area contributed by atoms with Crippen molar-refractivity contribution in [3.63, 3.8) is 0 Å². The molecule has 4 heteroatoms. The monoisotopic (exact) mass is 220 g/mol. The van der Waals surface area contributed by atoms with Gasteiger partial charge in [-0.2, -0.15) is 0 Å². The lowest BCUT2D eigenvalue weighted by Gasteiger charge is -2.26. The molecule has 86 valence electrons. The maximum atomic E-state index is 10.8. The Hall–Kier alpha value is -1.58. The molecule has 0 atom stereocenters. The van der Waals surface area contributed by atoms with E-state index in [9.17, 15) is 10.1 Å². The third-order valence-corrected chi connectivity index (χ3v) is 3.31. The summed E-state index contributed by atoms with van der Waals surface area (Å²) in [6.45, 7) is 2.73. The van der Waals surface area contributed by atoms with Gasteiger partial charge in [0.25, 0.3) is 5.69 Å². The van der Waals surface area contributed by atoms with Gasteiger partial charge in [0.2, 0.25) is 0 Å². The molecule has 0 heterocycles. The van der Waals surface area contributed by atoms with Crippen LogP contribution in [-0.4, -0.2) is 11.5 Å². The molecule has 0 spiro atoms. The molecule has 0 amide bonds. The van der Waals surface area contributed by atoms with Gasteiger partial charge in [-0.25, -0.2) is 0 Å². The van der Waals surface area contributed by atoms with E-state index in [-0.39, 0.29) is 10.6 Å². The van der Waals surface area contributed by atoms with E-state index >= 15 is 0 Å². The average Bonchev–Trinajstić information content (AvgIpc) is 2.17. The molecule has 4 nitrogen and oxygen atoms in total. The van der Waals surface area contributed by atoms with E-state index in [1.54, 1.807) is 19.1 Å². The third-order valence-electron chi connectivity index (χ3n) is 3.31. The molecule has 0 aromatic heterocycles. The fourth-order valence-electron chi connectivity index (χ4n) is 1.96. The van der Waals surface area contributed by atoms with Crippen LogP contribution in [0.25, 0.3) is 0 Å². The van der Waals surface area contributed by atoms with Gasteiger partial charge in [-0.05, 0) is 31.7 Å². The zero-order chi connectivity index (χ0) is 11.5. The number of benzene rings is 1. The second-order valence-electron chi connectivity index (χ2n) is 4.38. The maximum Gasteiger partial charge on any atom is 0.274 e. The van der Waals surface area contributed by atoms with Gasteiger partial charge in [-0.15, -0.1) is 0 Å². The fourth-order valence-corrected chi connectivity index (χ4v) is 1.96. The van der Waals surface area contributed by atoms with Crippen molar-refractivity contribution in [3.05, 3.63) is 33.9 Å². The lowest BCUT2D eigenvalue weighted by Crippen LogP contribution is -2.21. The Kier molecular flexibility index (Phi) is 3.08. The fraction of sp³-hybridized carbons (Fsp3) is 0.500. The van der Waals surface area contributed by atoms with E-state index in [0.29, 0.717) is 0 Å². The van der Waals surface area contributed by atoms with Crippen LogP contribution in [-0.2, 0) is 0 Å². The smallest absolute Gasteiger partial charge is 0.274 e. The Labute approximate surface area is 94.8 Å². The summed E-state index contributed by atoms with van der Waals surface area (Å²) in [6, 6.07) is 5.18. The van der Waals surface area contributed by atoms with Crippen molar-refractivity contribution in [2.45, 2.75) is 26.2 Å². The summed E-state index contributed by atoms with van der Waals surface area (Å²) in [6.07, 6.45) is 3.88. The van der Waals surface area contributed by atoms with Crippen LogP contribution in [0, 0.1) is 23.0 Å². The largest absolute Gasteiger partial charge is 0.384 e. The first-order chi connectivity index (χ1) is 7.68. The predicted molar refractivity (Wildman–Crippen MR) is 63.7 cm³/mol. The van der Waals surface area contributed by atoms with E-state index in [0.717, 1.165) is 23.7 Å². The molecule has 0 aliphatic heterocycles. The molecule has 16 heavy (non-hydrogen) atoms. The van der Waals surface area contributed by atoms with Crippen molar-refractivity contribution in [2.75, 3.05) is 11.9 Å². The van der Waals surface area contributed by atoms with Crippen LogP contribution in [0.2, 0.25) is 0 Å². The van der Waals surface area contributed by atoms with E-state index in [2.05, 4.69) is 5.32 Å². The second kappa shape index (κ2) is 4.51. The summed E-state index contributed by atoms with van der Waals surface area (Å²) in [4.78, 5) is 10.4. The van der Waals surface area contributed by atoms with Crippen LogP contribution in [0.15, 0.2) is 18.2 Å². The minimum Gasteiger partial charge on any atom is -0.384 e. The van der Waals surface area contributed by atoms with Crippen molar-refractivity contribution >= 4 is 11.4 Å². The topological polar surface area (TPSA) is 55.2 Å². The Morgan fingerprint density at radius 2 is 2.25 bits per heavy atom. The predicted octanol–water partition coefficient (Wildman–Crippen LogP) is 3.12. The first-order valence-corrected chi connectivity index (χ1v) is 5.66. The molecule has 1 fully saturated rings. The van der Waals surface area contributed by atoms with E-state index < -0.39 is 0 Å². The van der Waals surface area contributed by atoms with Crippen molar-refractivity contribution < 1.29 is 4.92 Å². The molecule has 1 aromatic rings. The minimum atomic E-state index is -0.330. The van der Waals surface area contributed by atoms with Crippen molar-refractivity contribution in [1.82, 2.24) is 0 Å². The highest BCUT2D eigenvalue weighted by atomic mass is 16.6. The van der Waals surface area contributed by atoms with Gasteiger partial charge in [0.1, 0.15) is 0 Å². The van der Waals surface area contributed by atoms with Crippen LogP contribution >= 0.6 is 0 Å². The van der Waals surface area contributed by atoms with Crippen LogP contribution in [0.4, 0.5) is 11.4 Å². The molecule has 2 rings (SSSR count). The standard InChI is InChI=1S/C12H16N2O2/c1-9-11(13-8-10-4-2-5-10)6-3-7-12(9)14(15)16/h3,6-7,10,13H,2,4-5,8H2,1H3. The van der Waals surface area contributed by atoms with Crippen LogP contribution in [0.5, 0.6) is 0 Å². The van der Waals surface area contributed by atoms with Gasteiger partial charge < -0.3 is 5.32 Å². The first-order valence-electron chi connectivity index (χ1n) is 5.66. The van der Waals surface area contributed by atoms with Gasteiger partial charge in [0.15, 0.2) is 0 Å². The van der Waals surface area contributed by atoms with Gasteiger partial charge in [0, 0.05) is 23.9 Å². The number of nitro groups is 1. The lowest BCUT2D eigenvalue weighted by atomic mass is 9.85. The summed E-state index contributed by atoms with van der Waals surface area (Å²) >= 11 is 0. The Bertz CT molecular complexity index is 400. The summed E-state index contributed by atoms with van der Waals surface area (Å²) in [5, 5.41) is 14.1. The van der Waals surface area contributed by atoms with Crippen molar-refractivity contribution in [1.29, 1.82) is 0 Å². The molecular weight excluding hydrogens is 204 g/mol. The number of hydrogen-bond acceptors (Lipinski definition) is 3. The average molecular weight is 220 g/mol. The molecule has 0 radical (unpaired) electrons. The molecule has 1 aliphatic rings. The van der Waals surface area contributed by atoms with Crippen LogP contribution in [0.1, 0.15) is 24.8 Å². The summed E-state index contributed by atoms with van der Waals surface area (Å²) in [5.74, 6) is 0.749. The summed E-state index contributed by atoms with van der Waals surface area (Å²) in [5.41, 5.74) is 1.81. The van der Waals surface area contributed by atoms with Crippen LogP contribution in [0.3, 0.4) is 0 Å². The number of nitrogens with one attached hydrogen (secondary N) is 1. The highest BCUT2D eigenvalue weighted by molar-refractivity contribution is 5.59. The number of hydrogen-bond donors (Lipinski definition) is 1. The Morgan fingerprint density at radius 3 is 2.81 bits per heavy atom. The van der Waals surface area contributed by atoms with Gasteiger partial charge in [-0.3, -0.25) is 10.1 Å². The summed E-state index contributed by atoms with van der Waals surface area (Å²) in [7, 11) is 0. The molecule has 1 aliphatic carbocycles. The minimum absolute atomic E-state index is 0.193. The maximum absolute atomic E-state index is 10.8. The molecule has 1 saturated carbocycles. The van der Waals surface area contributed by atoms with E-state index in [1.165, 1.54) is 19.3 Å². The third kappa shape index (κ3) is 2.15. The molecule has 0 saturated heterocycles. The van der Waals surface area contributed by atoms with E-state index in [1.807, 2.05) is 6.07 Å². The lowest BCUT2D eigenvalue weighted by molar-refractivity contribution is -0.385. The van der Waals surface area contributed by atoms with Crippen LogP contribution < -0.4 is 5.32 Å². The molecule has 0 unspecified atom stereocenters. The molecular formula is C12H16N2O2. The van der Waals surface area contributed by atoms with Gasteiger partial charge in [0.05, 0.1) is 4.92 Å². The number of anilines is 1. The number of nitro benzene ring substituents is 1. The zero-order valence-corrected chi connectivity index (χ0v) is 9.40. The number of nitrogens with zero attached hydrogens (tertiary/aromatic N) is 1. The SMILES string of the molecule is Cc1c(NCC2CCC2)cccc1[N+](=O)[O-]. The van der Waals surface area contributed by atoms with Gasteiger partial charge >= 0.3 is 0 Å². The van der Waals surface area contributed by atoms with E-state index in [4.69, 9.17) is 0 Å². The molecule has 1 N–H and O–H groups in total. The quantitative estimate of drug-likeness (QED) is 0.626. The highest BCUT2D eigenvalue weighted by Crippen LogP contribution is 2.29. The van der Waals surface area contributed by atoms with Crippen molar-refractivity contribution in [3.8, 4) is 0 Å². The number of rotatable bonds is 4. The Morgan fingerprint density at radius 1 is 1.50 bits per heavy atom. The second-order valence-corrected chi connectivity index (χ2v) is 4.38.